The molecule has 1 saturated carbocycles. The summed E-state index contributed by atoms with van der Waals surface area (Å²) in [7, 11) is 0. The van der Waals surface area contributed by atoms with Crippen LogP contribution in [-0.2, 0) is 0 Å². The van der Waals surface area contributed by atoms with Crippen molar-refractivity contribution >= 4 is 11.6 Å². The van der Waals surface area contributed by atoms with Gasteiger partial charge in [0.2, 0.25) is 0 Å². The molecule has 0 aliphatic heterocycles. The minimum atomic E-state index is -0.143. The molecule has 0 aromatic heterocycles. The zero-order chi connectivity index (χ0) is 12.8. The molecule has 0 bridgehead atoms. The van der Waals surface area contributed by atoms with Gasteiger partial charge in [0.15, 0.2) is 0 Å². The fourth-order valence-corrected chi connectivity index (χ4v) is 2.45. The van der Waals surface area contributed by atoms with Crippen LogP contribution in [0.25, 0.3) is 0 Å². The van der Waals surface area contributed by atoms with E-state index in [1.165, 1.54) is 0 Å². The molecular weight excluding hydrogens is 248 g/mol. The lowest BCUT2D eigenvalue weighted by Crippen LogP contribution is -2.09. The molecule has 1 N–H and O–H groups in total. The molecule has 1 aromatic rings. The second-order valence-corrected chi connectivity index (χ2v) is 5.12. The Labute approximate surface area is 113 Å². The SMILES string of the molecule is OC1CCCC1/C=C/CCOc1cccc(Cl)c1. The maximum absolute atomic E-state index is 9.66. The molecule has 3 heteroatoms. The van der Waals surface area contributed by atoms with Crippen LogP contribution in [0.1, 0.15) is 25.7 Å². The summed E-state index contributed by atoms with van der Waals surface area (Å²) < 4.78 is 5.58. The van der Waals surface area contributed by atoms with Gasteiger partial charge in [0.1, 0.15) is 5.75 Å². The Kier molecular flexibility index (Phi) is 5.09. The number of rotatable bonds is 5. The Morgan fingerprint density at radius 1 is 1.39 bits per heavy atom. The van der Waals surface area contributed by atoms with E-state index in [-0.39, 0.29) is 6.10 Å². The molecule has 0 radical (unpaired) electrons. The highest BCUT2D eigenvalue weighted by atomic mass is 35.5. The molecular formula is C15H19ClO2. The Balaban J connectivity index is 1.68. The van der Waals surface area contributed by atoms with E-state index in [0.717, 1.165) is 31.4 Å². The summed E-state index contributed by atoms with van der Waals surface area (Å²) in [6.07, 6.45) is 8.12. The van der Waals surface area contributed by atoms with Gasteiger partial charge in [0.25, 0.3) is 0 Å². The predicted molar refractivity (Wildman–Crippen MR) is 74.1 cm³/mol. The molecule has 98 valence electrons. The highest BCUT2D eigenvalue weighted by Crippen LogP contribution is 2.26. The molecule has 1 aliphatic rings. The third-order valence-electron chi connectivity index (χ3n) is 3.26. The lowest BCUT2D eigenvalue weighted by molar-refractivity contribution is 0.153. The molecule has 2 nitrogen and oxygen atoms in total. The van der Waals surface area contributed by atoms with Gasteiger partial charge >= 0.3 is 0 Å². The molecule has 0 spiro atoms. The van der Waals surface area contributed by atoms with Crippen LogP contribution >= 0.6 is 11.6 Å². The maximum atomic E-state index is 9.66. The molecule has 2 unspecified atom stereocenters. The van der Waals surface area contributed by atoms with Crippen molar-refractivity contribution in [1.82, 2.24) is 0 Å². The van der Waals surface area contributed by atoms with E-state index < -0.39 is 0 Å². The second kappa shape index (κ2) is 6.81. The minimum absolute atomic E-state index is 0.143. The van der Waals surface area contributed by atoms with Crippen molar-refractivity contribution in [3.63, 3.8) is 0 Å². The van der Waals surface area contributed by atoms with E-state index in [9.17, 15) is 5.11 Å². The molecule has 1 aliphatic carbocycles. The van der Waals surface area contributed by atoms with Crippen LogP contribution in [0.15, 0.2) is 36.4 Å². The number of hydrogen-bond acceptors (Lipinski definition) is 2. The lowest BCUT2D eigenvalue weighted by Gasteiger charge is -2.08. The first-order chi connectivity index (χ1) is 8.75. The van der Waals surface area contributed by atoms with Crippen LogP contribution in [0.5, 0.6) is 5.75 Å². The standard InChI is InChI=1S/C15H19ClO2/c16-13-7-4-8-14(11-13)18-10-2-1-5-12-6-3-9-15(12)17/h1,4-5,7-8,11-12,15,17H,2-3,6,9-10H2/b5-1+. The van der Waals surface area contributed by atoms with Crippen molar-refractivity contribution < 1.29 is 9.84 Å². The van der Waals surface area contributed by atoms with Crippen LogP contribution in [-0.4, -0.2) is 17.8 Å². The number of aliphatic hydroxyl groups excluding tert-OH is 1. The average molecular weight is 267 g/mol. The van der Waals surface area contributed by atoms with Gasteiger partial charge in [-0.3, -0.25) is 0 Å². The van der Waals surface area contributed by atoms with Gasteiger partial charge in [-0.1, -0.05) is 36.2 Å². The highest BCUT2D eigenvalue weighted by molar-refractivity contribution is 6.30. The van der Waals surface area contributed by atoms with Crippen molar-refractivity contribution in [3.05, 3.63) is 41.4 Å². The van der Waals surface area contributed by atoms with Crippen LogP contribution in [0.3, 0.4) is 0 Å². The van der Waals surface area contributed by atoms with Crippen molar-refractivity contribution in [2.24, 2.45) is 5.92 Å². The summed E-state index contributed by atoms with van der Waals surface area (Å²) in [5.41, 5.74) is 0. The topological polar surface area (TPSA) is 29.5 Å². The maximum Gasteiger partial charge on any atom is 0.120 e. The van der Waals surface area contributed by atoms with E-state index in [0.29, 0.717) is 17.5 Å². The van der Waals surface area contributed by atoms with E-state index in [4.69, 9.17) is 16.3 Å². The quantitative estimate of drug-likeness (QED) is 0.648. The lowest BCUT2D eigenvalue weighted by atomic mass is 10.1. The summed E-state index contributed by atoms with van der Waals surface area (Å²) in [5.74, 6) is 1.15. The number of aliphatic hydroxyl groups is 1. The number of benzene rings is 1. The molecule has 0 heterocycles. The molecule has 2 atom stereocenters. The fourth-order valence-electron chi connectivity index (χ4n) is 2.27. The summed E-state index contributed by atoms with van der Waals surface area (Å²) in [5, 5.41) is 10.3. The zero-order valence-electron chi connectivity index (χ0n) is 10.4. The summed E-state index contributed by atoms with van der Waals surface area (Å²) in [6.45, 7) is 0.639. The van der Waals surface area contributed by atoms with E-state index in [2.05, 4.69) is 12.2 Å². The van der Waals surface area contributed by atoms with Gasteiger partial charge < -0.3 is 9.84 Å². The van der Waals surface area contributed by atoms with Crippen molar-refractivity contribution in [3.8, 4) is 5.75 Å². The smallest absolute Gasteiger partial charge is 0.120 e. The first-order valence-electron chi connectivity index (χ1n) is 6.49. The van der Waals surface area contributed by atoms with Gasteiger partial charge in [-0.25, -0.2) is 0 Å². The predicted octanol–water partition coefficient (Wildman–Crippen LogP) is 3.83. The van der Waals surface area contributed by atoms with Crippen LogP contribution in [0.4, 0.5) is 0 Å². The average Bonchev–Trinajstić information content (AvgIpc) is 2.75. The van der Waals surface area contributed by atoms with Gasteiger partial charge in [-0.2, -0.15) is 0 Å². The number of hydrogen-bond donors (Lipinski definition) is 1. The van der Waals surface area contributed by atoms with E-state index in [1.807, 2.05) is 24.3 Å². The fraction of sp³-hybridized carbons (Fsp3) is 0.467. The molecule has 0 saturated heterocycles. The first-order valence-corrected chi connectivity index (χ1v) is 6.86. The van der Waals surface area contributed by atoms with Gasteiger partial charge in [0, 0.05) is 10.9 Å². The number of ether oxygens (including phenoxy) is 1. The van der Waals surface area contributed by atoms with E-state index >= 15 is 0 Å². The summed E-state index contributed by atoms with van der Waals surface area (Å²) in [6, 6.07) is 7.42. The molecule has 0 amide bonds. The van der Waals surface area contributed by atoms with Crippen molar-refractivity contribution in [1.29, 1.82) is 0 Å². The van der Waals surface area contributed by atoms with E-state index in [1.54, 1.807) is 0 Å². The highest BCUT2D eigenvalue weighted by Gasteiger charge is 2.21. The number of halogens is 1. The van der Waals surface area contributed by atoms with Gasteiger partial charge in [0.05, 0.1) is 12.7 Å². The summed E-state index contributed by atoms with van der Waals surface area (Å²) >= 11 is 5.87. The van der Waals surface area contributed by atoms with Crippen LogP contribution in [0, 0.1) is 5.92 Å². The molecule has 18 heavy (non-hydrogen) atoms. The largest absolute Gasteiger partial charge is 0.493 e. The Bertz CT molecular complexity index is 403. The molecule has 2 rings (SSSR count). The third kappa shape index (κ3) is 4.04. The zero-order valence-corrected chi connectivity index (χ0v) is 11.1. The monoisotopic (exact) mass is 266 g/mol. The van der Waals surface area contributed by atoms with Crippen LogP contribution < -0.4 is 4.74 Å². The summed E-state index contributed by atoms with van der Waals surface area (Å²) in [4.78, 5) is 0. The van der Waals surface area contributed by atoms with Crippen molar-refractivity contribution in [2.45, 2.75) is 31.8 Å². The van der Waals surface area contributed by atoms with Gasteiger partial charge in [-0.15, -0.1) is 0 Å². The second-order valence-electron chi connectivity index (χ2n) is 4.68. The Morgan fingerprint density at radius 3 is 3.00 bits per heavy atom. The van der Waals surface area contributed by atoms with Gasteiger partial charge in [-0.05, 0) is 37.5 Å². The minimum Gasteiger partial charge on any atom is -0.493 e. The van der Waals surface area contributed by atoms with Crippen LogP contribution in [0.2, 0.25) is 5.02 Å². The third-order valence-corrected chi connectivity index (χ3v) is 3.50. The molecule has 1 aromatic carbocycles. The first kappa shape index (κ1) is 13.4. The Morgan fingerprint density at radius 2 is 2.28 bits per heavy atom. The normalized spacial score (nSPS) is 23.7. The molecule has 1 fully saturated rings. The Hall–Kier alpha value is -0.990. The van der Waals surface area contributed by atoms with Crippen molar-refractivity contribution in [2.75, 3.05) is 6.61 Å².